The molecule has 0 aromatic heterocycles. The van der Waals surface area contributed by atoms with Crippen LogP contribution in [0, 0.1) is 0 Å². The van der Waals surface area contributed by atoms with Crippen LogP contribution in [0.4, 0.5) is 5.69 Å². The summed E-state index contributed by atoms with van der Waals surface area (Å²) in [4.78, 5) is 13.9. The quantitative estimate of drug-likeness (QED) is 0.878. The maximum Gasteiger partial charge on any atom is 0.247 e. The van der Waals surface area contributed by atoms with Gasteiger partial charge in [-0.2, -0.15) is 0 Å². The van der Waals surface area contributed by atoms with Gasteiger partial charge in [-0.3, -0.25) is 4.79 Å². The summed E-state index contributed by atoms with van der Waals surface area (Å²) >= 11 is 0. The number of carbonyl (C=O) groups excluding carboxylic acids is 1. The third-order valence-electron chi connectivity index (χ3n) is 3.93. The summed E-state index contributed by atoms with van der Waals surface area (Å²) in [6.07, 6.45) is 0. The summed E-state index contributed by atoms with van der Waals surface area (Å²) in [7, 11) is 3.22. The number of ether oxygens (including phenoxy) is 2. The zero-order valence-corrected chi connectivity index (χ0v) is 12.5. The van der Waals surface area contributed by atoms with E-state index < -0.39 is 6.04 Å². The van der Waals surface area contributed by atoms with Gasteiger partial charge in [-0.05, 0) is 29.8 Å². The van der Waals surface area contributed by atoms with Gasteiger partial charge in [-0.1, -0.05) is 18.2 Å². The number of carbonyl (C=O) groups is 1. The highest BCUT2D eigenvalue weighted by atomic mass is 16.5. The smallest absolute Gasteiger partial charge is 0.247 e. The molecule has 0 radical (unpaired) electrons. The van der Waals surface area contributed by atoms with Crippen LogP contribution < -0.4 is 20.1 Å². The summed E-state index contributed by atoms with van der Waals surface area (Å²) in [6, 6.07) is 14.3. The van der Waals surface area contributed by atoms with Crippen molar-refractivity contribution in [2.24, 2.45) is 5.73 Å². The first kappa shape index (κ1) is 14.4. The molecule has 1 aliphatic heterocycles. The van der Waals surface area contributed by atoms with Crippen LogP contribution in [0.1, 0.15) is 11.6 Å². The van der Waals surface area contributed by atoms with E-state index in [2.05, 4.69) is 0 Å². The van der Waals surface area contributed by atoms with Gasteiger partial charge in [0.2, 0.25) is 5.91 Å². The van der Waals surface area contributed by atoms with E-state index >= 15 is 0 Å². The molecule has 114 valence electrons. The van der Waals surface area contributed by atoms with E-state index in [1.165, 1.54) is 0 Å². The SMILES string of the molecule is COc1ccc([C@H]2[C@H](N)C(=O)N2c2cccc(OC)c2)cc1. The highest BCUT2D eigenvalue weighted by Crippen LogP contribution is 2.39. The predicted octanol–water partition coefficient (Wildman–Crippen LogP) is 2.12. The average Bonchev–Trinajstić information content (AvgIpc) is 2.58. The van der Waals surface area contributed by atoms with Crippen molar-refractivity contribution in [1.82, 2.24) is 0 Å². The molecule has 1 aliphatic rings. The molecule has 0 aliphatic carbocycles. The van der Waals surface area contributed by atoms with Gasteiger partial charge in [-0.25, -0.2) is 0 Å². The third-order valence-corrected chi connectivity index (χ3v) is 3.93. The molecular formula is C17H18N2O3. The Labute approximate surface area is 129 Å². The van der Waals surface area contributed by atoms with E-state index in [1.807, 2.05) is 48.5 Å². The summed E-state index contributed by atoms with van der Waals surface area (Å²) in [6.45, 7) is 0. The van der Waals surface area contributed by atoms with Crippen LogP contribution in [0.2, 0.25) is 0 Å². The van der Waals surface area contributed by atoms with Crippen LogP contribution in [0.15, 0.2) is 48.5 Å². The number of nitrogens with zero attached hydrogens (tertiary/aromatic N) is 1. The monoisotopic (exact) mass is 298 g/mol. The van der Waals surface area contributed by atoms with Crippen LogP contribution >= 0.6 is 0 Å². The Bertz CT molecular complexity index is 685. The number of benzene rings is 2. The molecule has 0 bridgehead atoms. The molecule has 1 saturated heterocycles. The van der Waals surface area contributed by atoms with Crippen LogP contribution in [-0.2, 0) is 4.79 Å². The van der Waals surface area contributed by atoms with E-state index in [4.69, 9.17) is 15.2 Å². The van der Waals surface area contributed by atoms with Gasteiger partial charge >= 0.3 is 0 Å². The highest BCUT2D eigenvalue weighted by molar-refractivity contribution is 6.05. The van der Waals surface area contributed by atoms with E-state index in [1.54, 1.807) is 19.1 Å². The van der Waals surface area contributed by atoms with Crippen molar-refractivity contribution < 1.29 is 14.3 Å². The van der Waals surface area contributed by atoms with E-state index in [-0.39, 0.29) is 11.9 Å². The number of anilines is 1. The summed E-state index contributed by atoms with van der Waals surface area (Å²) in [5, 5.41) is 0. The van der Waals surface area contributed by atoms with Crippen LogP contribution in [0.5, 0.6) is 11.5 Å². The lowest BCUT2D eigenvalue weighted by Crippen LogP contribution is -2.63. The van der Waals surface area contributed by atoms with Gasteiger partial charge in [0.15, 0.2) is 0 Å². The van der Waals surface area contributed by atoms with Crippen molar-refractivity contribution in [3.05, 3.63) is 54.1 Å². The minimum absolute atomic E-state index is 0.0888. The Balaban J connectivity index is 1.93. The standard InChI is InChI=1S/C17H18N2O3/c1-21-13-8-6-11(7-9-13)16-15(18)17(20)19(16)12-4-3-5-14(10-12)22-2/h3-10,15-16H,18H2,1-2H3/t15-,16-/m0/s1. The van der Waals surface area contributed by atoms with Crippen molar-refractivity contribution in [2.45, 2.75) is 12.1 Å². The first-order chi connectivity index (χ1) is 10.7. The number of hydrogen-bond donors (Lipinski definition) is 1. The minimum Gasteiger partial charge on any atom is -0.497 e. The fourth-order valence-corrected chi connectivity index (χ4v) is 2.72. The van der Waals surface area contributed by atoms with Crippen molar-refractivity contribution in [3.63, 3.8) is 0 Å². The Morgan fingerprint density at radius 2 is 1.68 bits per heavy atom. The lowest BCUT2D eigenvalue weighted by atomic mass is 9.88. The first-order valence-electron chi connectivity index (χ1n) is 7.02. The Kier molecular flexibility index (Phi) is 3.73. The predicted molar refractivity (Wildman–Crippen MR) is 84.2 cm³/mol. The van der Waals surface area contributed by atoms with Gasteiger partial charge in [0.1, 0.15) is 17.5 Å². The maximum atomic E-state index is 12.2. The molecule has 5 heteroatoms. The lowest BCUT2D eigenvalue weighted by Gasteiger charge is -2.45. The fraction of sp³-hybridized carbons (Fsp3) is 0.235. The molecule has 0 spiro atoms. The number of nitrogens with two attached hydrogens (primary N) is 1. The average molecular weight is 298 g/mol. The van der Waals surface area contributed by atoms with Gasteiger partial charge in [-0.15, -0.1) is 0 Å². The Hall–Kier alpha value is -2.53. The minimum atomic E-state index is -0.528. The van der Waals surface area contributed by atoms with Crippen molar-refractivity contribution in [3.8, 4) is 11.5 Å². The number of methoxy groups -OCH3 is 2. The van der Waals surface area contributed by atoms with Crippen molar-refractivity contribution >= 4 is 11.6 Å². The van der Waals surface area contributed by atoms with Gasteiger partial charge in [0.05, 0.1) is 20.3 Å². The van der Waals surface area contributed by atoms with E-state index in [0.29, 0.717) is 5.75 Å². The molecule has 1 fully saturated rings. The van der Waals surface area contributed by atoms with Crippen molar-refractivity contribution in [2.75, 3.05) is 19.1 Å². The topological polar surface area (TPSA) is 64.8 Å². The van der Waals surface area contributed by atoms with Crippen LogP contribution in [0.3, 0.4) is 0 Å². The highest BCUT2D eigenvalue weighted by Gasteiger charge is 2.46. The lowest BCUT2D eigenvalue weighted by molar-refractivity contribution is -0.126. The van der Waals surface area contributed by atoms with Crippen LogP contribution in [-0.4, -0.2) is 26.2 Å². The van der Waals surface area contributed by atoms with Gasteiger partial charge in [0, 0.05) is 11.8 Å². The second-order valence-corrected chi connectivity index (χ2v) is 5.15. The molecule has 2 aromatic carbocycles. The molecule has 1 heterocycles. The number of β-lactam (4-membered cyclic amide) rings is 1. The number of amides is 1. The van der Waals surface area contributed by atoms with Crippen molar-refractivity contribution in [1.29, 1.82) is 0 Å². The molecule has 2 atom stereocenters. The normalized spacial score (nSPS) is 20.5. The summed E-state index contributed by atoms with van der Waals surface area (Å²) in [5.74, 6) is 1.39. The molecule has 1 amide bonds. The molecule has 5 nitrogen and oxygen atoms in total. The van der Waals surface area contributed by atoms with Gasteiger partial charge in [0.25, 0.3) is 0 Å². The summed E-state index contributed by atoms with van der Waals surface area (Å²) < 4.78 is 10.4. The fourth-order valence-electron chi connectivity index (χ4n) is 2.72. The third kappa shape index (κ3) is 2.29. The molecule has 0 unspecified atom stereocenters. The largest absolute Gasteiger partial charge is 0.497 e. The molecule has 3 rings (SSSR count). The molecule has 2 aromatic rings. The Morgan fingerprint density at radius 1 is 1.00 bits per heavy atom. The number of hydrogen-bond acceptors (Lipinski definition) is 4. The molecular weight excluding hydrogens is 280 g/mol. The zero-order chi connectivity index (χ0) is 15.7. The summed E-state index contributed by atoms with van der Waals surface area (Å²) in [5.41, 5.74) is 7.78. The Morgan fingerprint density at radius 3 is 2.32 bits per heavy atom. The second-order valence-electron chi connectivity index (χ2n) is 5.15. The van der Waals surface area contributed by atoms with E-state index in [9.17, 15) is 4.79 Å². The van der Waals surface area contributed by atoms with Crippen LogP contribution in [0.25, 0.3) is 0 Å². The van der Waals surface area contributed by atoms with E-state index in [0.717, 1.165) is 17.0 Å². The second kappa shape index (κ2) is 5.69. The first-order valence-corrected chi connectivity index (χ1v) is 7.02. The molecule has 2 N–H and O–H groups in total. The number of rotatable bonds is 4. The van der Waals surface area contributed by atoms with Gasteiger partial charge < -0.3 is 20.1 Å². The zero-order valence-electron chi connectivity index (χ0n) is 12.5. The maximum absolute atomic E-state index is 12.2. The molecule has 0 saturated carbocycles. The molecule has 22 heavy (non-hydrogen) atoms.